The number of rotatable bonds is 7. The van der Waals surface area contributed by atoms with Crippen molar-refractivity contribution in [1.82, 2.24) is 30.4 Å². The fourth-order valence-electron chi connectivity index (χ4n) is 3.30. The first kappa shape index (κ1) is 20.4. The summed E-state index contributed by atoms with van der Waals surface area (Å²) < 4.78 is 1.50. The largest absolute Gasteiger partial charge is 0.477 e. The van der Waals surface area contributed by atoms with Crippen LogP contribution in [0, 0.1) is 0 Å². The molecule has 0 unspecified atom stereocenters. The summed E-state index contributed by atoms with van der Waals surface area (Å²) in [7, 11) is 1.70. The summed E-state index contributed by atoms with van der Waals surface area (Å²) in [6.07, 6.45) is 0.164. The number of nitrogens with one attached hydrogen (secondary N) is 1. The molecule has 2 atom stereocenters. The average molecular weight is 447 g/mol. The van der Waals surface area contributed by atoms with Crippen LogP contribution in [0.2, 0.25) is 0 Å². The SMILES string of the molecule is Cn1nnnc1SCC1=C(C(=O)O)N2C(=O)[C@@H](NC(=O)Cc3ccccc3)[C@@H]2SC1. The molecule has 156 valence electrons. The highest BCUT2D eigenvalue weighted by atomic mass is 32.2. The fraction of sp³-hybridized carbons (Fsp3) is 0.333. The van der Waals surface area contributed by atoms with Gasteiger partial charge in [-0.1, -0.05) is 42.1 Å². The van der Waals surface area contributed by atoms with E-state index in [-0.39, 0.29) is 18.0 Å². The van der Waals surface area contributed by atoms with Crippen LogP contribution in [-0.2, 0) is 27.9 Å². The number of carboxylic acids is 1. The minimum absolute atomic E-state index is 0.0139. The van der Waals surface area contributed by atoms with Crippen LogP contribution in [0.5, 0.6) is 0 Å². The standard InChI is InChI=1S/C18H18N6O4S2/c1-23-18(20-21-22-23)30-9-11-8-29-16-13(15(26)24(16)14(11)17(27)28)19-12(25)7-10-5-3-2-4-6-10/h2-6,13,16H,7-9H2,1H3,(H,19,25)(H,27,28)/t13-,16+/m1/s1. The van der Waals surface area contributed by atoms with Gasteiger partial charge >= 0.3 is 5.97 Å². The van der Waals surface area contributed by atoms with Crippen molar-refractivity contribution in [3.63, 3.8) is 0 Å². The number of amides is 2. The number of tetrazole rings is 1. The summed E-state index contributed by atoms with van der Waals surface area (Å²) >= 11 is 2.75. The molecular weight excluding hydrogens is 428 g/mol. The zero-order valence-electron chi connectivity index (χ0n) is 15.9. The van der Waals surface area contributed by atoms with Crippen LogP contribution in [0.4, 0.5) is 0 Å². The number of aliphatic carboxylic acids is 1. The number of carbonyl (C=O) groups is 3. The zero-order valence-corrected chi connectivity index (χ0v) is 17.5. The maximum atomic E-state index is 12.7. The minimum Gasteiger partial charge on any atom is -0.477 e. The van der Waals surface area contributed by atoms with Crippen molar-refractivity contribution in [3.05, 3.63) is 47.2 Å². The van der Waals surface area contributed by atoms with Gasteiger partial charge in [-0.15, -0.1) is 16.9 Å². The van der Waals surface area contributed by atoms with Gasteiger partial charge in [-0.25, -0.2) is 9.48 Å². The number of β-lactam (4-membered cyclic amide) rings is 1. The van der Waals surface area contributed by atoms with E-state index in [0.29, 0.717) is 22.2 Å². The normalized spacial score (nSPS) is 20.6. The minimum atomic E-state index is -1.16. The molecule has 4 rings (SSSR count). The molecule has 1 saturated heterocycles. The Morgan fingerprint density at radius 3 is 2.77 bits per heavy atom. The van der Waals surface area contributed by atoms with Gasteiger partial charge in [0.25, 0.3) is 5.91 Å². The number of carboxylic acid groups (broad SMARTS) is 1. The predicted octanol–water partition coefficient (Wildman–Crippen LogP) is 0.284. The van der Waals surface area contributed by atoms with E-state index in [9.17, 15) is 19.5 Å². The third kappa shape index (κ3) is 3.92. The smallest absolute Gasteiger partial charge is 0.352 e. The van der Waals surface area contributed by atoms with Crippen molar-refractivity contribution < 1.29 is 19.5 Å². The van der Waals surface area contributed by atoms with Gasteiger partial charge in [0, 0.05) is 18.6 Å². The number of aromatic nitrogens is 4. The lowest BCUT2D eigenvalue weighted by molar-refractivity contribution is -0.150. The Labute approximate surface area is 180 Å². The number of benzene rings is 1. The van der Waals surface area contributed by atoms with Crippen molar-refractivity contribution in [2.45, 2.75) is 23.0 Å². The summed E-state index contributed by atoms with van der Waals surface area (Å²) in [6.45, 7) is 0. The number of thioether (sulfide) groups is 2. The van der Waals surface area contributed by atoms with Crippen LogP contribution >= 0.6 is 23.5 Å². The number of hydrogen-bond donors (Lipinski definition) is 2. The van der Waals surface area contributed by atoms with E-state index in [2.05, 4.69) is 20.8 Å². The fourth-order valence-corrected chi connectivity index (χ4v) is 5.63. The topological polar surface area (TPSA) is 130 Å². The van der Waals surface area contributed by atoms with Crippen molar-refractivity contribution >= 4 is 41.3 Å². The van der Waals surface area contributed by atoms with Gasteiger partial charge < -0.3 is 10.4 Å². The molecule has 1 fully saturated rings. The summed E-state index contributed by atoms with van der Waals surface area (Å²) in [5.74, 6) is -1.04. The second-order valence-electron chi connectivity index (χ2n) is 6.75. The van der Waals surface area contributed by atoms with Crippen LogP contribution in [0.3, 0.4) is 0 Å². The van der Waals surface area contributed by atoms with Gasteiger partial charge in [0.1, 0.15) is 17.1 Å². The second-order valence-corrected chi connectivity index (χ2v) is 8.80. The Morgan fingerprint density at radius 1 is 1.33 bits per heavy atom. The molecule has 0 aliphatic carbocycles. The average Bonchev–Trinajstić information content (AvgIpc) is 3.15. The number of hydrogen-bond acceptors (Lipinski definition) is 8. The van der Waals surface area contributed by atoms with Gasteiger partial charge in [-0.2, -0.15) is 0 Å². The maximum Gasteiger partial charge on any atom is 0.352 e. The van der Waals surface area contributed by atoms with Gasteiger partial charge in [0.2, 0.25) is 11.1 Å². The van der Waals surface area contributed by atoms with Gasteiger partial charge in [0.15, 0.2) is 0 Å². The second kappa shape index (κ2) is 8.48. The molecule has 1 aromatic heterocycles. The molecule has 1 aromatic carbocycles. The lowest BCUT2D eigenvalue weighted by atomic mass is 10.0. The molecule has 0 bridgehead atoms. The van der Waals surface area contributed by atoms with E-state index < -0.39 is 23.3 Å². The van der Waals surface area contributed by atoms with E-state index in [1.54, 1.807) is 7.05 Å². The molecule has 2 aromatic rings. The third-order valence-corrected chi connectivity index (χ3v) is 7.17. The van der Waals surface area contributed by atoms with E-state index in [1.165, 1.54) is 33.1 Å². The first-order valence-corrected chi connectivity index (χ1v) is 11.1. The molecule has 3 heterocycles. The summed E-state index contributed by atoms with van der Waals surface area (Å²) in [6, 6.07) is 8.51. The monoisotopic (exact) mass is 446 g/mol. The highest BCUT2D eigenvalue weighted by Crippen LogP contribution is 2.41. The third-order valence-electron chi connectivity index (χ3n) is 4.73. The van der Waals surface area contributed by atoms with Crippen molar-refractivity contribution in [3.8, 4) is 0 Å². The van der Waals surface area contributed by atoms with Crippen LogP contribution < -0.4 is 5.32 Å². The van der Waals surface area contributed by atoms with Crippen molar-refractivity contribution in [1.29, 1.82) is 0 Å². The Bertz CT molecular complexity index is 1020. The van der Waals surface area contributed by atoms with Crippen LogP contribution in [0.1, 0.15) is 5.56 Å². The van der Waals surface area contributed by atoms with Gasteiger partial charge in [0.05, 0.1) is 6.42 Å². The zero-order chi connectivity index (χ0) is 21.3. The Morgan fingerprint density at radius 2 is 2.10 bits per heavy atom. The van der Waals surface area contributed by atoms with Crippen molar-refractivity contribution in [2.24, 2.45) is 7.05 Å². The molecular formula is C18H18N6O4S2. The molecule has 0 saturated carbocycles. The number of aryl methyl sites for hydroxylation is 1. The Balaban J connectivity index is 1.44. The molecule has 0 radical (unpaired) electrons. The molecule has 2 aliphatic rings. The Hall–Kier alpha value is -2.86. The lowest BCUT2D eigenvalue weighted by Gasteiger charge is -2.49. The summed E-state index contributed by atoms with van der Waals surface area (Å²) in [4.78, 5) is 38.2. The quantitative estimate of drug-likeness (QED) is 0.455. The van der Waals surface area contributed by atoms with E-state index in [4.69, 9.17) is 0 Å². The molecule has 10 nitrogen and oxygen atoms in total. The van der Waals surface area contributed by atoms with E-state index in [1.807, 2.05) is 30.3 Å². The molecule has 2 amide bonds. The van der Waals surface area contributed by atoms with E-state index in [0.717, 1.165) is 5.56 Å². The molecule has 0 spiro atoms. The number of carbonyl (C=O) groups excluding carboxylic acids is 2. The highest BCUT2D eigenvalue weighted by Gasteiger charge is 2.54. The molecule has 2 aliphatic heterocycles. The Kier molecular flexibility index (Phi) is 5.77. The van der Waals surface area contributed by atoms with Crippen molar-refractivity contribution in [2.75, 3.05) is 11.5 Å². The summed E-state index contributed by atoms with van der Waals surface area (Å²) in [5.41, 5.74) is 1.46. The molecule has 12 heteroatoms. The van der Waals surface area contributed by atoms with Gasteiger partial charge in [-0.05, 0) is 21.6 Å². The number of nitrogens with zero attached hydrogens (tertiary/aromatic N) is 5. The van der Waals surface area contributed by atoms with Crippen LogP contribution in [-0.4, -0.2) is 70.9 Å². The first-order chi connectivity index (χ1) is 14.5. The number of fused-ring (bicyclic) bond motifs is 1. The van der Waals surface area contributed by atoms with E-state index >= 15 is 0 Å². The predicted molar refractivity (Wildman–Crippen MR) is 109 cm³/mol. The lowest BCUT2D eigenvalue weighted by Crippen LogP contribution is -2.70. The maximum absolute atomic E-state index is 12.7. The van der Waals surface area contributed by atoms with Crippen LogP contribution in [0.15, 0.2) is 46.8 Å². The molecule has 30 heavy (non-hydrogen) atoms. The first-order valence-electron chi connectivity index (χ1n) is 9.04. The van der Waals surface area contributed by atoms with Crippen LogP contribution in [0.25, 0.3) is 0 Å². The highest BCUT2D eigenvalue weighted by molar-refractivity contribution is 8.01. The summed E-state index contributed by atoms with van der Waals surface area (Å²) in [5, 5.41) is 23.8. The molecule has 2 N–H and O–H groups in total. The van der Waals surface area contributed by atoms with Gasteiger partial charge in [-0.3, -0.25) is 14.5 Å².